The highest BCUT2D eigenvalue weighted by Crippen LogP contribution is 2.34. The van der Waals surface area contributed by atoms with Crippen molar-refractivity contribution in [1.29, 1.82) is 0 Å². The summed E-state index contributed by atoms with van der Waals surface area (Å²) >= 11 is 1.59. The Kier molecular flexibility index (Phi) is 4.85. The molecule has 0 amide bonds. The number of aryl methyl sites for hydroxylation is 1. The Balaban J connectivity index is 2.55. The van der Waals surface area contributed by atoms with Gasteiger partial charge in [-0.15, -0.1) is 0 Å². The molecule has 1 saturated heterocycles. The lowest BCUT2D eigenvalue weighted by atomic mass is 10.0. The topological polar surface area (TPSA) is 57.6 Å². The molecule has 4 nitrogen and oxygen atoms in total. The molecule has 0 aromatic heterocycles. The van der Waals surface area contributed by atoms with Crippen LogP contribution in [0.1, 0.15) is 24.2 Å². The van der Waals surface area contributed by atoms with Crippen molar-refractivity contribution in [2.75, 3.05) is 29.2 Å². The van der Waals surface area contributed by atoms with E-state index in [0.29, 0.717) is 29.1 Å². The molecule has 1 N–H and O–H groups in total. The zero-order valence-electron chi connectivity index (χ0n) is 12.3. The van der Waals surface area contributed by atoms with Gasteiger partial charge in [0.2, 0.25) is 0 Å². The molecule has 1 aliphatic rings. The lowest BCUT2D eigenvalue weighted by molar-refractivity contribution is 0.199. The van der Waals surface area contributed by atoms with E-state index in [0.717, 1.165) is 5.75 Å². The molecule has 21 heavy (non-hydrogen) atoms. The fraction of sp³-hybridized carbons (Fsp3) is 0.571. The van der Waals surface area contributed by atoms with Crippen molar-refractivity contribution in [3.8, 4) is 0 Å². The minimum atomic E-state index is -3.26. The van der Waals surface area contributed by atoms with Crippen LogP contribution >= 0.6 is 11.8 Å². The molecule has 0 saturated carbocycles. The average molecular weight is 333 g/mol. The van der Waals surface area contributed by atoms with E-state index in [9.17, 15) is 17.9 Å². The van der Waals surface area contributed by atoms with Crippen molar-refractivity contribution < 1.29 is 17.9 Å². The second kappa shape index (κ2) is 6.14. The number of hydrogen-bond acceptors (Lipinski definition) is 5. The molecule has 1 unspecified atom stereocenters. The van der Waals surface area contributed by atoms with Crippen LogP contribution in [0.3, 0.4) is 0 Å². The van der Waals surface area contributed by atoms with Crippen LogP contribution in [0.4, 0.5) is 10.1 Å². The second-order valence-corrected chi connectivity index (χ2v) is 8.74. The molecule has 0 spiro atoms. The standard InChI is InChI=1S/C14H20FNO3S2/c1-9-6-13(11(10(2)17)7-12(9)15)16-4-5-20-8-14(16)21(3,18)19/h6-7,10,14,17H,4-5,8H2,1-3H3/t10-,14?/m0/s1. The first-order valence-electron chi connectivity index (χ1n) is 6.73. The van der Waals surface area contributed by atoms with Crippen molar-refractivity contribution in [1.82, 2.24) is 0 Å². The van der Waals surface area contributed by atoms with Gasteiger partial charge in [0.25, 0.3) is 0 Å². The molecule has 0 aliphatic carbocycles. The number of halogens is 1. The van der Waals surface area contributed by atoms with Gasteiger partial charge in [-0.3, -0.25) is 0 Å². The van der Waals surface area contributed by atoms with Gasteiger partial charge in [-0.25, -0.2) is 12.8 Å². The number of rotatable bonds is 3. The minimum Gasteiger partial charge on any atom is -0.389 e. The highest BCUT2D eigenvalue weighted by molar-refractivity contribution is 8.01. The van der Waals surface area contributed by atoms with Crippen LogP contribution in [0.2, 0.25) is 0 Å². The molecule has 2 rings (SSSR count). The van der Waals surface area contributed by atoms with E-state index in [1.807, 2.05) is 0 Å². The maximum atomic E-state index is 13.8. The third-order valence-corrected chi connectivity index (χ3v) is 6.29. The number of aliphatic hydroxyl groups is 1. The SMILES string of the molecule is Cc1cc(N2CCSCC2S(C)(=O)=O)c([C@H](C)O)cc1F. The van der Waals surface area contributed by atoms with E-state index in [1.165, 1.54) is 12.3 Å². The first-order valence-corrected chi connectivity index (χ1v) is 9.84. The zero-order valence-corrected chi connectivity index (χ0v) is 14.0. The normalized spacial score (nSPS) is 21.4. The van der Waals surface area contributed by atoms with Crippen LogP contribution in [0.25, 0.3) is 0 Å². The molecule has 1 aliphatic heterocycles. The molecular weight excluding hydrogens is 313 g/mol. The number of hydrogen-bond donors (Lipinski definition) is 1. The molecule has 0 radical (unpaired) electrons. The molecule has 1 aromatic rings. The van der Waals surface area contributed by atoms with E-state index < -0.39 is 27.1 Å². The number of sulfone groups is 1. The Hall–Kier alpha value is -0.790. The van der Waals surface area contributed by atoms with Gasteiger partial charge in [-0.2, -0.15) is 11.8 Å². The van der Waals surface area contributed by atoms with Gasteiger partial charge < -0.3 is 10.0 Å². The fourth-order valence-corrected chi connectivity index (χ4v) is 5.31. The summed E-state index contributed by atoms with van der Waals surface area (Å²) in [5, 5.41) is 9.25. The van der Waals surface area contributed by atoms with Crippen molar-refractivity contribution in [2.45, 2.75) is 25.3 Å². The van der Waals surface area contributed by atoms with Gasteiger partial charge >= 0.3 is 0 Å². The Morgan fingerprint density at radius 2 is 2.14 bits per heavy atom. The van der Waals surface area contributed by atoms with Crippen molar-refractivity contribution in [2.24, 2.45) is 0 Å². The van der Waals surface area contributed by atoms with Crippen LogP contribution in [-0.4, -0.2) is 43.2 Å². The van der Waals surface area contributed by atoms with Crippen molar-refractivity contribution >= 4 is 27.3 Å². The van der Waals surface area contributed by atoms with Gasteiger partial charge in [0, 0.05) is 35.6 Å². The summed E-state index contributed by atoms with van der Waals surface area (Å²) in [6.07, 6.45) is 0.361. The monoisotopic (exact) mass is 333 g/mol. The predicted octanol–water partition coefficient (Wildman–Crippen LogP) is 2.11. The predicted molar refractivity (Wildman–Crippen MR) is 85.1 cm³/mol. The summed E-state index contributed by atoms with van der Waals surface area (Å²) in [5.74, 6) is 0.896. The van der Waals surface area contributed by atoms with Gasteiger partial charge in [-0.05, 0) is 31.5 Å². The third-order valence-electron chi connectivity index (χ3n) is 3.65. The molecular formula is C14H20FNO3S2. The molecule has 118 valence electrons. The number of benzene rings is 1. The summed E-state index contributed by atoms with van der Waals surface area (Å²) in [7, 11) is -3.26. The summed E-state index contributed by atoms with van der Waals surface area (Å²) in [4.78, 5) is 1.78. The molecule has 1 heterocycles. The van der Waals surface area contributed by atoms with Crippen LogP contribution in [0.15, 0.2) is 12.1 Å². The second-order valence-electron chi connectivity index (χ2n) is 5.39. The largest absolute Gasteiger partial charge is 0.389 e. The quantitative estimate of drug-likeness (QED) is 0.918. The molecule has 1 fully saturated rings. The van der Waals surface area contributed by atoms with E-state index >= 15 is 0 Å². The van der Waals surface area contributed by atoms with Gasteiger partial charge in [-0.1, -0.05) is 0 Å². The number of nitrogens with zero attached hydrogens (tertiary/aromatic N) is 1. The lowest BCUT2D eigenvalue weighted by Crippen LogP contribution is -2.47. The summed E-state index contributed by atoms with van der Waals surface area (Å²) in [6.45, 7) is 3.76. The Morgan fingerprint density at radius 1 is 1.48 bits per heavy atom. The van der Waals surface area contributed by atoms with Crippen LogP contribution < -0.4 is 4.90 Å². The van der Waals surface area contributed by atoms with Crippen molar-refractivity contribution in [3.63, 3.8) is 0 Å². The van der Waals surface area contributed by atoms with Crippen molar-refractivity contribution in [3.05, 3.63) is 29.1 Å². The number of anilines is 1. The minimum absolute atomic E-state index is 0.392. The van der Waals surface area contributed by atoms with Crippen LogP contribution in [-0.2, 0) is 9.84 Å². The molecule has 0 bridgehead atoms. The Morgan fingerprint density at radius 3 is 2.71 bits per heavy atom. The molecule has 2 atom stereocenters. The maximum Gasteiger partial charge on any atom is 0.169 e. The summed E-state index contributed by atoms with van der Waals surface area (Å²) < 4.78 is 37.8. The number of thioether (sulfide) groups is 1. The highest BCUT2D eigenvalue weighted by atomic mass is 32.2. The van der Waals surface area contributed by atoms with Gasteiger partial charge in [0.15, 0.2) is 9.84 Å². The third kappa shape index (κ3) is 3.52. The summed E-state index contributed by atoms with van der Waals surface area (Å²) in [6, 6.07) is 2.93. The Labute approximate surface area is 129 Å². The Bertz CT molecular complexity index is 631. The van der Waals surface area contributed by atoms with Crippen LogP contribution in [0, 0.1) is 12.7 Å². The molecule has 1 aromatic carbocycles. The van der Waals surface area contributed by atoms with Gasteiger partial charge in [0.05, 0.1) is 6.10 Å². The van der Waals surface area contributed by atoms with Gasteiger partial charge in [0.1, 0.15) is 11.2 Å². The van der Waals surface area contributed by atoms with E-state index in [-0.39, 0.29) is 0 Å². The van der Waals surface area contributed by atoms with E-state index in [1.54, 1.807) is 36.6 Å². The highest BCUT2D eigenvalue weighted by Gasteiger charge is 2.33. The maximum absolute atomic E-state index is 13.8. The zero-order chi connectivity index (χ0) is 15.8. The van der Waals surface area contributed by atoms with Crippen LogP contribution in [0.5, 0.6) is 0 Å². The molecule has 7 heteroatoms. The smallest absolute Gasteiger partial charge is 0.169 e. The first kappa shape index (κ1) is 16.6. The van der Waals surface area contributed by atoms with E-state index in [2.05, 4.69) is 0 Å². The lowest BCUT2D eigenvalue weighted by Gasteiger charge is -2.37. The summed E-state index contributed by atoms with van der Waals surface area (Å²) in [5.41, 5.74) is 1.48. The average Bonchev–Trinajstić information content (AvgIpc) is 2.40. The number of aliphatic hydroxyl groups excluding tert-OH is 1. The van der Waals surface area contributed by atoms with E-state index in [4.69, 9.17) is 0 Å². The fourth-order valence-electron chi connectivity index (χ4n) is 2.48. The first-order chi connectivity index (χ1) is 9.71.